The fourth-order valence-corrected chi connectivity index (χ4v) is 2.59. The SMILES string of the molecule is COc1nc(Br)ccc1NC(=O)c1c(-c2ccc(F)cc2)noc1C. The summed E-state index contributed by atoms with van der Waals surface area (Å²) in [4.78, 5) is 16.9. The fraction of sp³-hybridized carbons (Fsp3) is 0.118. The van der Waals surface area contributed by atoms with Crippen molar-refractivity contribution in [2.75, 3.05) is 12.4 Å². The van der Waals surface area contributed by atoms with Crippen molar-refractivity contribution in [3.05, 3.63) is 58.1 Å². The van der Waals surface area contributed by atoms with Gasteiger partial charge in [-0.3, -0.25) is 4.79 Å². The topological polar surface area (TPSA) is 77.2 Å². The number of carbonyl (C=O) groups excluding carboxylic acids is 1. The summed E-state index contributed by atoms with van der Waals surface area (Å²) in [6.07, 6.45) is 0. The Balaban J connectivity index is 1.96. The molecule has 0 aliphatic carbocycles. The number of rotatable bonds is 4. The maximum atomic E-state index is 13.1. The molecule has 0 bridgehead atoms. The third-order valence-corrected chi connectivity index (χ3v) is 3.92. The molecule has 1 aromatic carbocycles. The number of nitrogens with zero attached hydrogens (tertiary/aromatic N) is 2. The molecule has 0 radical (unpaired) electrons. The number of anilines is 1. The van der Waals surface area contributed by atoms with Gasteiger partial charge in [-0.1, -0.05) is 5.16 Å². The van der Waals surface area contributed by atoms with Crippen molar-refractivity contribution >= 4 is 27.5 Å². The number of nitrogens with one attached hydrogen (secondary N) is 1. The van der Waals surface area contributed by atoms with Crippen LogP contribution in [0.25, 0.3) is 11.3 Å². The molecule has 0 fully saturated rings. The van der Waals surface area contributed by atoms with Crippen molar-refractivity contribution in [2.24, 2.45) is 0 Å². The standard InChI is InChI=1S/C17H13BrFN3O3/c1-9-14(15(22-25-9)10-3-5-11(19)6-4-10)16(23)20-12-7-8-13(18)21-17(12)24-2/h3-8H,1-2H3,(H,20,23). The number of pyridine rings is 1. The Bertz CT molecular complexity index is 925. The van der Waals surface area contributed by atoms with Gasteiger partial charge in [0.25, 0.3) is 5.91 Å². The number of aromatic nitrogens is 2. The molecular weight excluding hydrogens is 393 g/mol. The molecule has 0 atom stereocenters. The van der Waals surface area contributed by atoms with Gasteiger partial charge in [-0.05, 0) is 59.3 Å². The minimum absolute atomic E-state index is 0.261. The van der Waals surface area contributed by atoms with Crippen molar-refractivity contribution in [3.8, 4) is 17.1 Å². The van der Waals surface area contributed by atoms with Crippen LogP contribution in [0.4, 0.5) is 10.1 Å². The van der Waals surface area contributed by atoms with E-state index >= 15 is 0 Å². The predicted molar refractivity (Wildman–Crippen MR) is 93.1 cm³/mol. The highest BCUT2D eigenvalue weighted by atomic mass is 79.9. The summed E-state index contributed by atoms with van der Waals surface area (Å²) in [5.41, 5.74) is 1.57. The van der Waals surface area contributed by atoms with Gasteiger partial charge in [0.05, 0.1) is 7.11 Å². The maximum Gasteiger partial charge on any atom is 0.261 e. The number of halogens is 2. The zero-order chi connectivity index (χ0) is 18.0. The Kier molecular flexibility index (Phi) is 4.80. The van der Waals surface area contributed by atoms with Crippen LogP contribution < -0.4 is 10.1 Å². The molecule has 1 N–H and O–H groups in total. The fourth-order valence-electron chi connectivity index (χ4n) is 2.30. The van der Waals surface area contributed by atoms with Gasteiger partial charge in [0.2, 0.25) is 5.88 Å². The van der Waals surface area contributed by atoms with E-state index in [2.05, 4.69) is 31.4 Å². The molecule has 3 aromatic rings. The maximum absolute atomic E-state index is 13.1. The number of hydrogen-bond donors (Lipinski definition) is 1. The quantitative estimate of drug-likeness (QED) is 0.657. The molecule has 128 valence electrons. The van der Waals surface area contributed by atoms with Crippen molar-refractivity contribution in [1.82, 2.24) is 10.1 Å². The van der Waals surface area contributed by atoms with Crippen LogP contribution in [-0.4, -0.2) is 23.2 Å². The lowest BCUT2D eigenvalue weighted by molar-refractivity contribution is 0.102. The second-order valence-electron chi connectivity index (χ2n) is 5.11. The molecule has 1 amide bonds. The molecule has 8 heteroatoms. The Labute approximate surface area is 151 Å². The van der Waals surface area contributed by atoms with Crippen LogP contribution in [-0.2, 0) is 0 Å². The highest BCUT2D eigenvalue weighted by molar-refractivity contribution is 9.10. The summed E-state index contributed by atoms with van der Waals surface area (Å²) in [6, 6.07) is 9.00. The van der Waals surface area contributed by atoms with Crippen LogP contribution in [0.1, 0.15) is 16.1 Å². The third kappa shape index (κ3) is 3.53. The van der Waals surface area contributed by atoms with Crippen molar-refractivity contribution in [1.29, 1.82) is 0 Å². The number of amides is 1. The first-order chi connectivity index (χ1) is 12.0. The summed E-state index contributed by atoms with van der Waals surface area (Å²) in [6.45, 7) is 1.63. The molecule has 3 rings (SSSR count). The predicted octanol–water partition coefficient (Wildman–Crippen LogP) is 4.21. The molecule has 0 aliphatic heterocycles. The molecule has 2 aromatic heterocycles. The van der Waals surface area contributed by atoms with E-state index in [1.54, 1.807) is 19.1 Å². The van der Waals surface area contributed by atoms with Crippen molar-refractivity contribution in [3.63, 3.8) is 0 Å². The van der Waals surface area contributed by atoms with Gasteiger partial charge < -0.3 is 14.6 Å². The summed E-state index contributed by atoms with van der Waals surface area (Å²) in [5.74, 6) is -0.192. The largest absolute Gasteiger partial charge is 0.479 e. The molecule has 0 unspecified atom stereocenters. The first-order valence-corrected chi connectivity index (χ1v) is 8.03. The molecule has 6 nitrogen and oxygen atoms in total. The van der Waals surface area contributed by atoms with Gasteiger partial charge in [-0.25, -0.2) is 9.37 Å². The van der Waals surface area contributed by atoms with E-state index in [0.29, 0.717) is 27.3 Å². The van der Waals surface area contributed by atoms with Crippen LogP contribution in [0.5, 0.6) is 5.88 Å². The van der Waals surface area contributed by atoms with Gasteiger partial charge in [0, 0.05) is 5.56 Å². The number of ether oxygens (including phenoxy) is 1. The number of aryl methyl sites for hydroxylation is 1. The summed E-state index contributed by atoms with van der Waals surface area (Å²) < 4.78 is 24.0. The van der Waals surface area contributed by atoms with Crippen molar-refractivity contribution < 1.29 is 18.4 Å². The van der Waals surface area contributed by atoms with Gasteiger partial charge in [-0.15, -0.1) is 0 Å². The molecule has 0 saturated heterocycles. The molecule has 0 aliphatic rings. The third-order valence-electron chi connectivity index (χ3n) is 3.48. The first kappa shape index (κ1) is 17.1. The number of benzene rings is 1. The van der Waals surface area contributed by atoms with Gasteiger partial charge in [0.1, 0.15) is 33.1 Å². The smallest absolute Gasteiger partial charge is 0.261 e. The highest BCUT2D eigenvalue weighted by Crippen LogP contribution is 2.29. The van der Waals surface area contributed by atoms with Gasteiger partial charge in [0.15, 0.2) is 0 Å². The van der Waals surface area contributed by atoms with Crippen LogP contribution in [0.3, 0.4) is 0 Å². The first-order valence-electron chi connectivity index (χ1n) is 7.23. The number of carbonyl (C=O) groups is 1. The van der Waals surface area contributed by atoms with E-state index < -0.39 is 5.91 Å². The van der Waals surface area contributed by atoms with Crippen LogP contribution >= 0.6 is 15.9 Å². The molecule has 0 spiro atoms. The molecular formula is C17H13BrFN3O3. The van der Waals surface area contributed by atoms with E-state index in [9.17, 15) is 9.18 Å². The Hall–Kier alpha value is -2.74. The second-order valence-corrected chi connectivity index (χ2v) is 5.93. The zero-order valence-electron chi connectivity index (χ0n) is 13.3. The zero-order valence-corrected chi connectivity index (χ0v) is 14.9. The molecule has 2 heterocycles. The van der Waals surface area contributed by atoms with E-state index in [0.717, 1.165) is 0 Å². The lowest BCUT2D eigenvalue weighted by atomic mass is 10.1. The average Bonchev–Trinajstić information content (AvgIpc) is 2.98. The number of methoxy groups -OCH3 is 1. The van der Waals surface area contributed by atoms with Crippen LogP contribution in [0.15, 0.2) is 45.5 Å². The van der Waals surface area contributed by atoms with E-state index in [1.165, 1.54) is 31.4 Å². The summed E-state index contributed by atoms with van der Waals surface area (Å²) in [7, 11) is 1.46. The number of hydrogen-bond acceptors (Lipinski definition) is 5. The van der Waals surface area contributed by atoms with Gasteiger partial charge >= 0.3 is 0 Å². The molecule has 25 heavy (non-hydrogen) atoms. The molecule has 0 saturated carbocycles. The normalized spacial score (nSPS) is 10.6. The van der Waals surface area contributed by atoms with Crippen LogP contribution in [0, 0.1) is 12.7 Å². The minimum Gasteiger partial charge on any atom is -0.479 e. The highest BCUT2D eigenvalue weighted by Gasteiger charge is 2.23. The Morgan fingerprint density at radius 2 is 1.96 bits per heavy atom. The minimum atomic E-state index is -0.430. The Morgan fingerprint density at radius 3 is 2.64 bits per heavy atom. The van der Waals surface area contributed by atoms with E-state index in [-0.39, 0.29) is 17.3 Å². The second kappa shape index (κ2) is 7.02. The van der Waals surface area contributed by atoms with Crippen molar-refractivity contribution in [2.45, 2.75) is 6.92 Å². The van der Waals surface area contributed by atoms with Gasteiger partial charge in [-0.2, -0.15) is 0 Å². The monoisotopic (exact) mass is 405 g/mol. The van der Waals surface area contributed by atoms with Crippen LogP contribution in [0.2, 0.25) is 0 Å². The summed E-state index contributed by atoms with van der Waals surface area (Å²) >= 11 is 3.24. The van der Waals surface area contributed by atoms with E-state index in [1.807, 2.05) is 0 Å². The lowest BCUT2D eigenvalue weighted by Gasteiger charge is -2.09. The summed E-state index contributed by atoms with van der Waals surface area (Å²) in [5, 5.41) is 6.65. The average molecular weight is 406 g/mol. The lowest BCUT2D eigenvalue weighted by Crippen LogP contribution is -2.14. The van der Waals surface area contributed by atoms with E-state index in [4.69, 9.17) is 9.26 Å². The Morgan fingerprint density at radius 1 is 1.24 bits per heavy atom.